The maximum absolute atomic E-state index is 12.1. The molecule has 1 amide bonds. The Labute approximate surface area is 135 Å². The van der Waals surface area contributed by atoms with Gasteiger partial charge in [0.05, 0.1) is 0 Å². The fraction of sp³-hybridized carbons (Fsp3) is 0.941. The lowest BCUT2D eigenvalue weighted by Gasteiger charge is -2.26. The maximum atomic E-state index is 12.1. The fourth-order valence-electron chi connectivity index (χ4n) is 2.66. The summed E-state index contributed by atoms with van der Waals surface area (Å²) in [6, 6.07) is 0.523. The van der Waals surface area contributed by atoms with Crippen LogP contribution in [0.5, 0.6) is 0 Å². The van der Waals surface area contributed by atoms with Gasteiger partial charge in [-0.05, 0) is 65.8 Å². The molecule has 1 heterocycles. The normalized spacial score (nSPS) is 19.8. The number of ether oxygens (including phenoxy) is 2. The Morgan fingerprint density at radius 2 is 1.95 bits per heavy atom. The fourth-order valence-corrected chi connectivity index (χ4v) is 2.66. The molecular weight excluding hydrogens is 280 g/mol. The van der Waals surface area contributed by atoms with E-state index in [4.69, 9.17) is 9.47 Å². The van der Waals surface area contributed by atoms with Gasteiger partial charge in [-0.2, -0.15) is 0 Å². The molecule has 0 radical (unpaired) electrons. The number of amides is 1. The maximum Gasteiger partial charge on any atom is 0.410 e. The van der Waals surface area contributed by atoms with Gasteiger partial charge in [0.25, 0.3) is 0 Å². The largest absolute Gasteiger partial charge is 0.444 e. The smallest absolute Gasteiger partial charge is 0.410 e. The lowest BCUT2D eigenvalue weighted by Crippen LogP contribution is -2.38. The van der Waals surface area contributed by atoms with Gasteiger partial charge in [-0.15, -0.1) is 0 Å². The highest BCUT2D eigenvalue weighted by atomic mass is 16.6. The Balaban J connectivity index is 2.20. The summed E-state index contributed by atoms with van der Waals surface area (Å²) in [4.78, 5) is 14.0. The van der Waals surface area contributed by atoms with E-state index in [2.05, 4.69) is 5.32 Å². The van der Waals surface area contributed by atoms with Crippen LogP contribution in [0.2, 0.25) is 0 Å². The number of nitrogens with one attached hydrogen (secondary N) is 1. The van der Waals surface area contributed by atoms with Crippen LogP contribution in [0.15, 0.2) is 0 Å². The first-order valence-electron chi connectivity index (χ1n) is 8.62. The first-order valence-corrected chi connectivity index (χ1v) is 8.62. The van der Waals surface area contributed by atoms with E-state index in [1.807, 2.05) is 25.7 Å². The van der Waals surface area contributed by atoms with Crippen molar-refractivity contribution in [3.05, 3.63) is 0 Å². The third-order valence-corrected chi connectivity index (χ3v) is 3.84. The standard InChI is InChI=1S/C17H34N2O3/c1-17(2,3)22-16(20)19-12-8-9-15(10-13-19)18-11-6-5-7-14-21-4/h15,18H,5-14H2,1-4H3. The number of hydrogen-bond acceptors (Lipinski definition) is 4. The zero-order valence-electron chi connectivity index (χ0n) is 14.8. The number of hydrogen-bond donors (Lipinski definition) is 1. The predicted molar refractivity (Wildman–Crippen MR) is 89.2 cm³/mol. The van der Waals surface area contributed by atoms with Gasteiger partial charge in [-0.3, -0.25) is 0 Å². The van der Waals surface area contributed by atoms with Crippen LogP contribution in [0, 0.1) is 0 Å². The molecule has 0 spiro atoms. The van der Waals surface area contributed by atoms with E-state index in [1.54, 1.807) is 7.11 Å². The van der Waals surface area contributed by atoms with Gasteiger partial charge >= 0.3 is 6.09 Å². The molecule has 0 aromatic rings. The molecule has 5 nitrogen and oxygen atoms in total. The molecule has 1 saturated heterocycles. The van der Waals surface area contributed by atoms with Crippen LogP contribution < -0.4 is 5.32 Å². The van der Waals surface area contributed by atoms with Crippen molar-refractivity contribution in [2.24, 2.45) is 0 Å². The Bertz CT molecular complexity index is 316. The van der Waals surface area contributed by atoms with Crippen LogP contribution in [-0.4, -0.2) is 56.0 Å². The highest BCUT2D eigenvalue weighted by Crippen LogP contribution is 2.15. The number of carbonyl (C=O) groups is 1. The second-order valence-corrected chi connectivity index (χ2v) is 7.10. The van der Waals surface area contributed by atoms with Crippen molar-refractivity contribution in [1.82, 2.24) is 10.2 Å². The molecule has 0 aromatic heterocycles. The van der Waals surface area contributed by atoms with E-state index >= 15 is 0 Å². The quantitative estimate of drug-likeness (QED) is 0.733. The van der Waals surface area contributed by atoms with Gasteiger partial charge in [0, 0.05) is 32.8 Å². The summed E-state index contributed by atoms with van der Waals surface area (Å²) in [5.74, 6) is 0. The molecule has 0 saturated carbocycles. The average Bonchev–Trinajstić information content (AvgIpc) is 2.66. The van der Waals surface area contributed by atoms with Gasteiger partial charge in [0.2, 0.25) is 0 Å². The molecule has 22 heavy (non-hydrogen) atoms. The molecule has 1 unspecified atom stereocenters. The third-order valence-electron chi connectivity index (χ3n) is 3.84. The molecule has 0 aliphatic carbocycles. The predicted octanol–water partition coefficient (Wildman–Crippen LogP) is 3.18. The van der Waals surface area contributed by atoms with Gasteiger partial charge < -0.3 is 19.7 Å². The van der Waals surface area contributed by atoms with Crippen LogP contribution in [0.25, 0.3) is 0 Å². The van der Waals surface area contributed by atoms with Crippen molar-refractivity contribution in [2.75, 3.05) is 33.4 Å². The Kier molecular flexibility index (Phi) is 8.79. The van der Waals surface area contributed by atoms with Crippen LogP contribution in [-0.2, 0) is 9.47 Å². The van der Waals surface area contributed by atoms with Crippen molar-refractivity contribution in [3.8, 4) is 0 Å². The van der Waals surface area contributed by atoms with Crippen molar-refractivity contribution in [3.63, 3.8) is 0 Å². The van der Waals surface area contributed by atoms with Gasteiger partial charge in [-0.1, -0.05) is 0 Å². The van der Waals surface area contributed by atoms with Crippen molar-refractivity contribution in [2.45, 2.75) is 70.9 Å². The van der Waals surface area contributed by atoms with Gasteiger partial charge in [0.15, 0.2) is 0 Å². The van der Waals surface area contributed by atoms with E-state index < -0.39 is 5.60 Å². The lowest BCUT2D eigenvalue weighted by atomic mass is 10.1. The van der Waals surface area contributed by atoms with Crippen LogP contribution in [0.4, 0.5) is 4.79 Å². The van der Waals surface area contributed by atoms with Crippen LogP contribution >= 0.6 is 0 Å². The average molecular weight is 314 g/mol. The zero-order chi connectivity index (χ0) is 16.4. The van der Waals surface area contributed by atoms with E-state index in [-0.39, 0.29) is 6.09 Å². The summed E-state index contributed by atoms with van der Waals surface area (Å²) in [6.45, 7) is 9.25. The molecule has 130 valence electrons. The second kappa shape index (κ2) is 10.1. The van der Waals surface area contributed by atoms with Gasteiger partial charge in [-0.25, -0.2) is 4.79 Å². The second-order valence-electron chi connectivity index (χ2n) is 7.10. The molecule has 1 fully saturated rings. The molecule has 1 atom stereocenters. The van der Waals surface area contributed by atoms with Crippen molar-refractivity contribution < 1.29 is 14.3 Å². The minimum Gasteiger partial charge on any atom is -0.444 e. The minimum atomic E-state index is -0.413. The summed E-state index contributed by atoms with van der Waals surface area (Å²) in [7, 11) is 1.75. The summed E-state index contributed by atoms with van der Waals surface area (Å²) in [5, 5.41) is 3.63. The molecular formula is C17H34N2O3. The molecule has 0 aromatic carbocycles. The lowest BCUT2D eigenvalue weighted by molar-refractivity contribution is 0.0256. The Morgan fingerprint density at radius 3 is 2.64 bits per heavy atom. The first-order chi connectivity index (χ1) is 10.4. The monoisotopic (exact) mass is 314 g/mol. The van der Waals surface area contributed by atoms with Crippen LogP contribution in [0.1, 0.15) is 59.3 Å². The topological polar surface area (TPSA) is 50.8 Å². The number of unbranched alkanes of at least 4 members (excludes halogenated alkanes) is 2. The van der Waals surface area contributed by atoms with E-state index in [1.165, 1.54) is 12.8 Å². The van der Waals surface area contributed by atoms with E-state index in [0.717, 1.165) is 51.9 Å². The number of likely N-dealkylation sites (tertiary alicyclic amines) is 1. The molecule has 0 bridgehead atoms. The number of methoxy groups -OCH3 is 1. The third kappa shape index (κ3) is 8.59. The highest BCUT2D eigenvalue weighted by Gasteiger charge is 2.24. The summed E-state index contributed by atoms with van der Waals surface area (Å²) in [6.07, 6.45) is 6.55. The summed E-state index contributed by atoms with van der Waals surface area (Å²) in [5.41, 5.74) is -0.413. The molecule has 1 rings (SSSR count). The number of rotatable bonds is 7. The zero-order valence-corrected chi connectivity index (χ0v) is 14.8. The summed E-state index contributed by atoms with van der Waals surface area (Å²) < 4.78 is 10.5. The molecule has 1 N–H and O–H groups in total. The Hall–Kier alpha value is -0.810. The molecule has 5 heteroatoms. The summed E-state index contributed by atoms with van der Waals surface area (Å²) >= 11 is 0. The van der Waals surface area contributed by atoms with E-state index in [0.29, 0.717) is 6.04 Å². The molecule has 1 aliphatic heterocycles. The highest BCUT2D eigenvalue weighted by molar-refractivity contribution is 5.68. The van der Waals surface area contributed by atoms with Crippen molar-refractivity contribution >= 4 is 6.09 Å². The molecule has 1 aliphatic rings. The number of nitrogens with zero attached hydrogens (tertiary/aromatic N) is 1. The first kappa shape index (κ1) is 19.2. The Morgan fingerprint density at radius 1 is 1.18 bits per heavy atom. The minimum absolute atomic E-state index is 0.173. The van der Waals surface area contributed by atoms with Gasteiger partial charge in [0.1, 0.15) is 5.60 Å². The number of carbonyl (C=O) groups excluding carboxylic acids is 1. The van der Waals surface area contributed by atoms with Crippen LogP contribution in [0.3, 0.4) is 0 Å². The SMILES string of the molecule is COCCCCCNC1CCCN(C(=O)OC(C)(C)C)CC1. The van der Waals surface area contributed by atoms with E-state index in [9.17, 15) is 4.79 Å². The van der Waals surface area contributed by atoms with Crippen molar-refractivity contribution in [1.29, 1.82) is 0 Å².